The Bertz CT molecular complexity index is 420. The quantitative estimate of drug-likeness (QED) is 0.467. The van der Waals surface area contributed by atoms with E-state index in [1.807, 2.05) is 0 Å². The first-order chi connectivity index (χ1) is 6.43. The van der Waals surface area contributed by atoms with Gasteiger partial charge in [-0.15, -0.1) is 0 Å². The van der Waals surface area contributed by atoms with Gasteiger partial charge in [-0.1, -0.05) is 0 Å². The van der Waals surface area contributed by atoms with E-state index in [-0.39, 0.29) is 56.9 Å². The third-order valence-corrected chi connectivity index (χ3v) is 1.67. The van der Waals surface area contributed by atoms with Crippen LogP contribution in [0.1, 0.15) is 5.56 Å². The van der Waals surface area contributed by atoms with E-state index in [1.165, 1.54) is 6.92 Å². The fourth-order valence-electron chi connectivity index (χ4n) is 0.987. The molecule has 0 spiro atoms. The first-order valence-electron chi connectivity index (χ1n) is 3.56. The Morgan fingerprint density at radius 1 is 1.20 bits per heavy atom. The number of aromatic hydroxyl groups is 1. The molecule has 7 nitrogen and oxygen atoms in total. The van der Waals surface area contributed by atoms with Gasteiger partial charge in [-0.2, -0.15) is 0 Å². The molecule has 0 amide bonds. The molecule has 0 atom stereocenters. The van der Waals surface area contributed by atoms with E-state index in [2.05, 4.69) is 0 Å². The van der Waals surface area contributed by atoms with Crippen molar-refractivity contribution in [1.82, 2.24) is 0 Å². The number of nitrogens with zero attached hydrogens (tertiary/aromatic N) is 2. The molecule has 1 aromatic rings. The summed E-state index contributed by atoms with van der Waals surface area (Å²) in [6.07, 6.45) is 0. The molecule has 0 saturated carbocycles. The summed E-state index contributed by atoms with van der Waals surface area (Å²) in [7, 11) is 0. The number of aryl methyl sites for hydroxylation is 1. The molecule has 0 unspecified atom stereocenters. The van der Waals surface area contributed by atoms with Crippen LogP contribution in [-0.2, 0) is 0 Å². The van der Waals surface area contributed by atoms with Gasteiger partial charge in [0.2, 0.25) is 0 Å². The molecule has 1 aromatic carbocycles. The van der Waals surface area contributed by atoms with E-state index in [0.717, 1.165) is 12.1 Å². The molecular weight excluding hydrogens is 231 g/mol. The number of hydrogen-bond donors (Lipinski definition) is 1. The van der Waals surface area contributed by atoms with Gasteiger partial charge in [0.1, 0.15) is 0 Å². The van der Waals surface area contributed by atoms with Crippen LogP contribution in [0.5, 0.6) is 5.75 Å². The van der Waals surface area contributed by atoms with Gasteiger partial charge >= 0.3 is 57.1 Å². The molecular formula is C7H7KN2O5. The van der Waals surface area contributed by atoms with E-state index in [1.54, 1.807) is 0 Å². The summed E-state index contributed by atoms with van der Waals surface area (Å²) in [6, 6.07) is 1.80. The molecule has 0 aliphatic heterocycles. The first kappa shape index (κ1) is 14.5. The van der Waals surface area contributed by atoms with Crippen LogP contribution in [-0.4, -0.2) is 66.3 Å². The van der Waals surface area contributed by atoms with Crippen LogP contribution >= 0.6 is 0 Å². The molecule has 0 saturated heterocycles. The van der Waals surface area contributed by atoms with Crippen molar-refractivity contribution in [1.29, 1.82) is 0 Å². The van der Waals surface area contributed by atoms with E-state index in [4.69, 9.17) is 0 Å². The number of non-ortho nitro benzene ring substituents is 1. The van der Waals surface area contributed by atoms with Crippen LogP contribution in [0.25, 0.3) is 0 Å². The van der Waals surface area contributed by atoms with Gasteiger partial charge in [0.05, 0.1) is 15.9 Å². The Labute approximate surface area is 127 Å². The standard InChI is InChI=1S/C7H6N2O5.K.H/c1-4-2-5(8(11)12)3-6(7(4)10)9(13)14;;/h2-3,10H,1H3;;. The van der Waals surface area contributed by atoms with Crippen molar-refractivity contribution in [2.24, 2.45) is 0 Å². The second-order valence-electron chi connectivity index (χ2n) is 2.64. The third kappa shape index (κ3) is 3.21. The monoisotopic (exact) mass is 238 g/mol. The van der Waals surface area contributed by atoms with E-state index in [0.29, 0.717) is 0 Å². The van der Waals surface area contributed by atoms with Crippen LogP contribution in [0, 0.1) is 27.2 Å². The Hall–Kier alpha value is -0.544. The summed E-state index contributed by atoms with van der Waals surface area (Å²) >= 11 is 0. The number of nitro benzene ring substituents is 2. The Morgan fingerprint density at radius 2 is 1.73 bits per heavy atom. The van der Waals surface area contributed by atoms with Gasteiger partial charge in [0.15, 0.2) is 5.75 Å². The third-order valence-electron chi connectivity index (χ3n) is 1.67. The SMILES string of the molecule is Cc1cc([N+](=O)[O-])cc([N+](=O)[O-])c1O.[KH]. The van der Waals surface area contributed by atoms with Crippen molar-refractivity contribution in [3.05, 3.63) is 37.9 Å². The van der Waals surface area contributed by atoms with Crippen LogP contribution < -0.4 is 0 Å². The molecule has 8 heteroatoms. The predicted octanol–water partition coefficient (Wildman–Crippen LogP) is 0.869. The van der Waals surface area contributed by atoms with Crippen molar-refractivity contribution in [3.8, 4) is 5.75 Å². The maximum atomic E-state index is 10.4. The number of phenols is 1. The van der Waals surface area contributed by atoms with Gasteiger partial charge in [0, 0.05) is 11.6 Å². The minimum atomic E-state index is -0.866. The Kier molecular flexibility index (Phi) is 5.32. The van der Waals surface area contributed by atoms with Crippen molar-refractivity contribution in [3.63, 3.8) is 0 Å². The zero-order valence-electron chi connectivity index (χ0n) is 7.13. The van der Waals surface area contributed by atoms with Crippen molar-refractivity contribution >= 4 is 62.8 Å². The average molecular weight is 238 g/mol. The second-order valence-corrected chi connectivity index (χ2v) is 2.64. The summed E-state index contributed by atoms with van der Waals surface area (Å²) in [5, 5.41) is 29.9. The van der Waals surface area contributed by atoms with Gasteiger partial charge in [0.25, 0.3) is 5.69 Å². The number of hydrogen-bond acceptors (Lipinski definition) is 5. The average Bonchev–Trinajstić information content (AvgIpc) is 2.08. The fourth-order valence-corrected chi connectivity index (χ4v) is 0.987. The van der Waals surface area contributed by atoms with Crippen molar-refractivity contribution in [2.45, 2.75) is 6.92 Å². The fraction of sp³-hybridized carbons (Fsp3) is 0.143. The van der Waals surface area contributed by atoms with E-state index >= 15 is 0 Å². The number of nitro groups is 2. The van der Waals surface area contributed by atoms with Crippen LogP contribution in [0.4, 0.5) is 11.4 Å². The number of benzene rings is 1. The molecule has 0 aromatic heterocycles. The zero-order chi connectivity index (χ0) is 10.9. The maximum absolute atomic E-state index is 10.4. The second kappa shape index (κ2) is 5.52. The van der Waals surface area contributed by atoms with Gasteiger partial charge in [-0.3, -0.25) is 20.2 Å². The molecule has 0 aliphatic carbocycles. The number of rotatable bonds is 2. The zero-order valence-corrected chi connectivity index (χ0v) is 7.13. The summed E-state index contributed by atoms with van der Waals surface area (Å²) in [5.41, 5.74) is -0.963. The Balaban J connectivity index is 0.00000196. The van der Waals surface area contributed by atoms with Crippen LogP contribution in [0.3, 0.4) is 0 Å². The van der Waals surface area contributed by atoms with E-state index in [9.17, 15) is 25.3 Å². The summed E-state index contributed by atoms with van der Waals surface area (Å²) < 4.78 is 0. The van der Waals surface area contributed by atoms with Gasteiger partial charge < -0.3 is 5.11 Å². The number of phenolic OH excluding ortho intramolecular Hbond substituents is 1. The summed E-state index contributed by atoms with van der Waals surface area (Å²) in [6.45, 7) is 1.36. The minimum absolute atomic E-state index is 0. The molecule has 1 rings (SSSR count). The molecule has 15 heavy (non-hydrogen) atoms. The summed E-state index contributed by atoms with van der Waals surface area (Å²) in [5.74, 6) is -0.541. The van der Waals surface area contributed by atoms with Gasteiger partial charge in [-0.05, 0) is 6.92 Å². The molecule has 76 valence electrons. The van der Waals surface area contributed by atoms with Crippen molar-refractivity contribution in [2.75, 3.05) is 0 Å². The normalized spacial score (nSPS) is 9.13. The van der Waals surface area contributed by atoms with Gasteiger partial charge in [-0.25, -0.2) is 0 Å². The van der Waals surface area contributed by atoms with Crippen LogP contribution in [0.2, 0.25) is 0 Å². The molecule has 0 aliphatic rings. The van der Waals surface area contributed by atoms with E-state index < -0.39 is 27.0 Å². The topological polar surface area (TPSA) is 107 Å². The molecule has 0 radical (unpaired) electrons. The Morgan fingerprint density at radius 3 is 2.13 bits per heavy atom. The summed E-state index contributed by atoms with van der Waals surface area (Å²) in [4.78, 5) is 19.1. The molecule has 0 fully saturated rings. The molecule has 0 heterocycles. The van der Waals surface area contributed by atoms with Crippen LogP contribution in [0.15, 0.2) is 12.1 Å². The predicted molar refractivity (Wildman–Crippen MR) is 53.3 cm³/mol. The molecule has 0 bridgehead atoms. The first-order valence-corrected chi connectivity index (χ1v) is 3.56. The van der Waals surface area contributed by atoms with Crippen molar-refractivity contribution < 1.29 is 15.0 Å². The molecule has 1 N–H and O–H groups in total.